The lowest BCUT2D eigenvalue weighted by Crippen LogP contribution is -2.12. The summed E-state index contributed by atoms with van der Waals surface area (Å²) in [4.78, 5) is 0. The van der Waals surface area contributed by atoms with Crippen LogP contribution < -0.4 is 0 Å². The monoisotopic (exact) mass is 410 g/mol. The van der Waals surface area contributed by atoms with E-state index in [0.717, 1.165) is 60.8 Å². The molecule has 0 unspecified atom stereocenters. The van der Waals surface area contributed by atoms with E-state index < -0.39 is 0 Å². The average Bonchev–Trinajstić information content (AvgIpc) is 2.60. The van der Waals surface area contributed by atoms with E-state index >= 15 is 0 Å². The van der Waals surface area contributed by atoms with Gasteiger partial charge in [-0.05, 0) is 83.7 Å². The van der Waals surface area contributed by atoms with Crippen LogP contribution in [0.25, 0.3) is 0 Å². The maximum atomic E-state index is 10.8. The number of aryl methyl sites for hydroxylation is 2. The number of hydrogen-bond acceptors (Lipinski definition) is 2. The lowest BCUT2D eigenvalue weighted by molar-refractivity contribution is 0.436. The molecule has 0 saturated heterocycles. The third-order valence-electron chi connectivity index (χ3n) is 6.25. The highest BCUT2D eigenvalue weighted by Crippen LogP contribution is 2.37. The van der Waals surface area contributed by atoms with Crippen LogP contribution in [-0.4, -0.2) is 10.2 Å². The summed E-state index contributed by atoms with van der Waals surface area (Å²) in [7, 11) is 0. The van der Waals surface area contributed by atoms with Gasteiger partial charge in [0.1, 0.15) is 11.5 Å². The fourth-order valence-electron chi connectivity index (χ4n) is 4.27. The Balaban J connectivity index is 1.92. The first-order valence-electron chi connectivity index (χ1n) is 11.5. The van der Waals surface area contributed by atoms with Gasteiger partial charge in [-0.3, -0.25) is 0 Å². The Morgan fingerprint density at radius 2 is 0.900 bits per heavy atom. The lowest BCUT2D eigenvalue weighted by atomic mass is 9.83. The van der Waals surface area contributed by atoms with E-state index in [1.807, 2.05) is 0 Å². The molecular formula is C28H42O2. The van der Waals surface area contributed by atoms with Gasteiger partial charge in [0.25, 0.3) is 0 Å². The van der Waals surface area contributed by atoms with Crippen LogP contribution in [0.3, 0.4) is 0 Å². The van der Waals surface area contributed by atoms with Gasteiger partial charge in [-0.2, -0.15) is 0 Å². The number of unbranched alkanes of at least 4 members (excludes halogenated alkanes) is 3. The Morgan fingerprint density at radius 3 is 1.20 bits per heavy atom. The van der Waals surface area contributed by atoms with Crippen LogP contribution in [0.5, 0.6) is 11.5 Å². The SMILES string of the molecule is Cc1ccc(C(C)(C)C)c(O)c1CCCCCCc1c(C)ccc(C(C)(C)C)c1O. The fourth-order valence-corrected chi connectivity index (χ4v) is 4.27. The second kappa shape index (κ2) is 9.45. The number of benzene rings is 2. The minimum Gasteiger partial charge on any atom is -0.507 e. The van der Waals surface area contributed by atoms with Crippen LogP contribution in [0.15, 0.2) is 24.3 Å². The highest BCUT2D eigenvalue weighted by molar-refractivity contribution is 5.49. The highest BCUT2D eigenvalue weighted by Gasteiger charge is 2.22. The van der Waals surface area contributed by atoms with Crippen LogP contribution in [0, 0.1) is 13.8 Å². The van der Waals surface area contributed by atoms with Crippen molar-refractivity contribution in [2.24, 2.45) is 0 Å². The molecule has 2 aromatic carbocycles. The first-order valence-corrected chi connectivity index (χ1v) is 11.5. The van der Waals surface area contributed by atoms with Gasteiger partial charge in [0.2, 0.25) is 0 Å². The quantitative estimate of drug-likeness (QED) is 0.460. The van der Waals surface area contributed by atoms with Gasteiger partial charge in [-0.25, -0.2) is 0 Å². The van der Waals surface area contributed by atoms with Crippen molar-refractivity contribution in [3.8, 4) is 11.5 Å². The van der Waals surface area contributed by atoms with E-state index in [2.05, 4.69) is 79.7 Å². The van der Waals surface area contributed by atoms with Crippen molar-refractivity contribution in [1.82, 2.24) is 0 Å². The lowest BCUT2D eigenvalue weighted by Gasteiger charge is -2.23. The number of phenols is 2. The Kier molecular flexibility index (Phi) is 7.66. The molecule has 0 aromatic heterocycles. The van der Waals surface area contributed by atoms with Gasteiger partial charge in [0.05, 0.1) is 0 Å². The van der Waals surface area contributed by atoms with Crippen LogP contribution in [0.1, 0.15) is 101 Å². The first-order chi connectivity index (χ1) is 13.8. The molecule has 0 amide bonds. The topological polar surface area (TPSA) is 40.5 Å². The number of rotatable bonds is 7. The molecule has 2 aromatic rings. The summed E-state index contributed by atoms with van der Waals surface area (Å²) >= 11 is 0. The van der Waals surface area contributed by atoms with Crippen LogP contribution >= 0.6 is 0 Å². The van der Waals surface area contributed by atoms with Crippen molar-refractivity contribution in [1.29, 1.82) is 0 Å². The second-order valence-electron chi connectivity index (χ2n) is 10.9. The van der Waals surface area contributed by atoms with Gasteiger partial charge >= 0.3 is 0 Å². The zero-order chi connectivity index (χ0) is 22.7. The van der Waals surface area contributed by atoms with E-state index in [1.165, 1.54) is 11.1 Å². The van der Waals surface area contributed by atoms with Crippen molar-refractivity contribution < 1.29 is 10.2 Å². The summed E-state index contributed by atoms with van der Waals surface area (Å²) in [5.74, 6) is 0.976. The minimum absolute atomic E-state index is 0.0476. The molecule has 2 N–H and O–H groups in total. The van der Waals surface area contributed by atoms with E-state index in [1.54, 1.807) is 0 Å². The largest absolute Gasteiger partial charge is 0.507 e. The molecule has 0 heterocycles. The molecule has 0 radical (unpaired) electrons. The maximum absolute atomic E-state index is 10.8. The molecule has 0 spiro atoms. The molecule has 30 heavy (non-hydrogen) atoms. The van der Waals surface area contributed by atoms with Crippen molar-refractivity contribution in [3.63, 3.8) is 0 Å². The average molecular weight is 411 g/mol. The van der Waals surface area contributed by atoms with E-state index in [4.69, 9.17) is 0 Å². The second-order valence-corrected chi connectivity index (χ2v) is 10.9. The molecule has 166 valence electrons. The van der Waals surface area contributed by atoms with Crippen molar-refractivity contribution in [2.45, 2.75) is 105 Å². The molecule has 0 saturated carbocycles. The summed E-state index contributed by atoms with van der Waals surface area (Å²) in [5.41, 5.74) is 6.55. The van der Waals surface area contributed by atoms with Gasteiger partial charge in [0.15, 0.2) is 0 Å². The molecule has 0 atom stereocenters. The summed E-state index contributed by atoms with van der Waals surface area (Å²) in [6, 6.07) is 8.41. The molecule has 0 bridgehead atoms. The molecular weight excluding hydrogens is 368 g/mol. The summed E-state index contributed by atoms with van der Waals surface area (Å²) in [6.07, 6.45) is 6.27. The van der Waals surface area contributed by atoms with Crippen molar-refractivity contribution >= 4 is 0 Å². The Labute approximate surface area is 184 Å². The van der Waals surface area contributed by atoms with Crippen molar-refractivity contribution in [2.75, 3.05) is 0 Å². The molecule has 0 aliphatic rings. The van der Waals surface area contributed by atoms with Crippen molar-refractivity contribution in [3.05, 3.63) is 57.6 Å². The number of phenolic OH excluding ortho intramolecular Hbond substituents is 2. The zero-order valence-electron chi connectivity index (χ0n) is 20.4. The minimum atomic E-state index is -0.0476. The number of hydrogen-bond donors (Lipinski definition) is 2. The molecule has 2 nitrogen and oxygen atoms in total. The summed E-state index contributed by atoms with van der Waals surface area (Å²) < 4.78 is 0. The summed E-state index contributed by atoms with van der Waals surface area (Å²) in [5, 5.41) is 21.6. The predicted octanol–water partition coefficient (Wildman–Crippen LogP) is 7.66. The van der Waals surface area contributed by atoms with E-state index in [0.29, 0.717) is 11.5 Å². The van der Waals surface area contributed by atoms with Gasteiger partial charge < -0.3 is 10.2 Å². The molecule has 2 heteroatoms. The smallest absolute Gasteiger partial charge is 0.122 e. The summed E-state index contributed by atoms with van der Waals surface area (Å²) in [6.45, 7) is 17.1. The Hall–Kier alpha value is -1.96. The van der Waals surface area contributed by atoms with Crippen LogP contribution in [0.2, 0.25) is 0 Å². The Bertz CT molecular complexity index is 790. The molecule has 0 aliphatic carbocycles. The molecule has 0 aliphatic heterocycles. The third kappa shape index (κ3) is 5.80. The van der Waals surface area contributed by atoms with Crippen LogP contribution in [0.4, 0.5) is 0 Å². The molecule has 0 fully saturated rings. The third-order valence-corrected chi connectivity index (χ3v) is 6.25. The predicted molar refractivity (Wildman–Crippen MR) is 129 cm³/mol. The van der Waals surface area contributed by atoms with Gasteiger partial charge in [0, 0.05) is 0 Å². The van der Waals surface area contributed by atoms with E-state index in [-0.39, 0.29) is 10.8 Å². The van der Waals surface area contributed by atoms with Crippen LogP contribution in [-0.2, 0) is 23.7 Å². The Morgan fingerprint density at radius 1 is 0.567 bits per heavy atom. The normalized spacial score (nSPS) is 12.4. The maximum Gasteiger partial charge on any atom is 0.122 e. The molecule has 2 rings (SSSR count). The zero-order valence-corrected chi connectivity index (χ0v) is 20.4. The van der Waals surface area contributed by atoms with E-state index in [9.17, 15) is 10.2 Å². The van der Waals surface area contributed by atoms with Gasteiger partial charge in [-0.1, -0.05) is 78.6 Å². The fraction of sp³-hybridized carbons (Fsp3) is 0.571. The van der Waals surface area contributed by atoms with Gasteiger partial charge in [-0.15, -0.1) is 0 Å². The first kappa shape index (κ1) is 24.3. The standard InChI is InChI=1S/C28H42O2/c1-19-15-17-23(27(3,4)5)25(29)21(19)13-11-9-10-12-14-22-20(2)16-18-24(26(22)30)28(6,7)8/h15-18,29-30H,9-14H2,1-8H3. The highest BCUT2D eigenvalue weighted by atomic mass is 16.3. The number of aromatic hydroxyl groups is 2.